The highest BCUT2D eigenvalue weighted by Gasteiger charge is 2.10. The number of hydrogen-bond acceptors (Lipinski definition) is 3. The second-order valence-corrected chi connectivity index (χ2v) is 7.41. The van der Waals surface area contributed by atoms with Crippen LogP contribution in [-0.4, -0.2) is 17.6 Å². The Kier molecular flexibility index (Phi) is 8.10. The second kappa shape index (κ2) is 11.0. The highest BCUT2D eigenvalue weighted by Crippen LogP contribution is 2.24. The number of pyridine rings is 1. The first kappa shape index (κ1) is 23.6. The third-order valence-electron chi connectivity index (χ3n) is 5.32. The number of aromatic nitrogens is 1. The van der Waals surface area contributed by atoms with E-state index in [0.29, 0.717) is 25.6 Å². The van der Waals surface area contributed by atoms with Gasteiger partial charge in [0.1, 0.15) is 11.3 Å². The molecule has 0 atom stereocenters. The number of benzene rings is 2. The monoisotopic (exact) mass is 542 g/mol. The molecule has 2 aromatic heterocycles. The van der Waals surface area contributed by atoms with Gasteiger partial charge in [-0.2, -0.15) is 0 Å². The van der Waals surface area contributed by atoms with Gasteiger partial charge < -0.3 is 19.6 Å². The number of nitrogens with one attached hydrogen (secondary N) is 2. The summed E-state index contributed by atoms with van der Waals surface area (Å²) < 4.78 is 7.65. The molecule has 0 aliphatic carbocycles. The number of halogens is 1. The van der Waals surface area contributed by atoms with Gasteiger partial charge in [-0.15, -0.1) is 24.0 Å². The number of para-hydroxylation sites is 1. The van der Waals surface area contributed by atoms with Crippen molar-refractivity contribution < 1.29 is 4.42 Å². The summed E-state index contributed by atoms with van der Waals surface area (Å²) in [4.78, 5) is 16.2. The van der Waals surface area contributed by atoms with E-state index in [1.165, 1.54) is 0 Å². The summed E-state index contributed by atoms with van der Waals surface area (Å²) in [6.07, 6.45) is 1.80. The molecule has 0 saturated carbocycles. The Morgan fingerprint density at radius 3 is 2.34 bits per heavy atom. The van der Waals surface area contributed by atoms with E-state index in [0.717, 1.165) is 33.4 Å². The van der Waals surface area contributed by atoms with Crippen molar-refractivity contribution in [2.45, 2.75) is 26.6 Å². The average molecular weight is 542 g/mol. The molecule has 2 N–H and O–H groups in total. The molecular weight excluding hydrogens is 515 g/mol. The second-order valence-electron chi connectivity index (χ2n) is 7.41. The highest BCUT2D eigenvalue weighted by molar-refractivity contribution is 14.0. The van der Waals surface area contributed by atoms with E-state index in [-0.39, 0.29) is 29.5 Å². The first-order chi connectivity index (χ1) is 15.1. The smallest absolute Gasteiger partial charge is 0.250 e. The molecule has 0 unspecified atom stereocenters. The molecule has 0 fully saturated rings. The standard InChI is InChI=1S/C25H26N4O2.HI/c1-18-21-7-3-4-8-22(21)31-23(18)16-28-25(26-2)27-15-19-10-12-20(13-11-19)17-29-14-6-5-9-24(29)30;/h3-14H,15-17H2,1-2H3,(H2,26,27,28);1H. The van der Waals surface area contributed by atoms with Crippen molar-refractivity contribution in [3.05, 3.63) is 106 Å². The van der Waals surface area contributed by atoms with E-state index in [2.05, 4.69) is 40.7 Å². The van der Waals surface area contributed by atoms with E-state index in [9.17, 15) is 4.79 Å². The van der Waals surface area contributed by atoms with E-state index < -0.39 is 0 Å². The lowest BCUT2D eigenvalue weighted by molar-refractivity contribution is 0.534. The number of nitrogens with zero attached hydrogens (tertiary/aromatic N) is 2. The summed E-state index contributed by atoms with van der Waals surface area (Å²) in [7, 11) is 1.75. The number of aryl methyl sites for hydroxylation is 1. The molecule has 0 amide bonds. The Labute approximate surface area is 204 Å². The molecule has 4 rings (SSSR count). The maximum Gasteiger partial charge on any atom is 0.250 e. The van der Waals surface area contributed by atoms with Gasteiger partial charge in [0.05, 0.1) is 13.1 Å². The van der Waals surface area contributed by atoms with E-state index in [1.54, 1.807) is 29.9 Å². The van der Waals surface area contributed by atoms with Crippen molar-refractivity contribution in [3.8, 4) is 0 Å². The largest absolute Gasteiger partial charge is 0.459 e. The van der Waals surface area contributed by atoms with E-state index in [4.69, 9.17) is 4.42 Å². The van der Waals surface area contributed by atoms with Crippen molar-refractivity contribution in [3.63, 3.8) is 0 Å². The number of fused-ring (bicyclic) bond motifs is 1. The van der Waals surface area contributed by atoms with Gasteiger partial charge in [0.15, 0.2) is 5.96 Å². The minimum absolute atomic E-state index is 0. The maximum atomic E-state index is 11.9. The van der Waals surface area contributed by atoms with Gasteiger partial charge in [0, 0.05) is 36.8 Å². The first-order valence-corrected chi connectivity index (χ1v) is 10.3. The fraction of sp³-hybridized carbons (Fsp3) is 0.200. The van der Waals surface area contributed by atoms with Gasteiger partial charge >= 0.3 is 0 Å². The van der Waals surface area contributed by atoms with Crippen molar-refractivity contribution in [1.29, 1.82) is 0 Å². The van der Waals surface area contributed by atoms with E-state index in [1.807, 2.05) is 36.4 Å². The van der Waals surface area contributed by atoms with Crippen LogP contribution in [0.1, 0.15) is 22.5 Å². The predicted molar refractivity (Wildman–Crippen MR) is 140 cm³/mol. The molecule has 0 aliphatic heterocycles. The van der Waals surface area contributed by atoms with Crippen LogP contribution in [0.25, 0.3) is 11.0 Å². The van der Waals surface area contributed by atoms with Crippen LogP contribution in [-0.2, 0) is 19.6 Å². The SMILES string of the molecule is CN=C(NCc1ccc(Cn2ccccc2=O)cc1)NCc1oc2ccccc2c1C.I. The summed E-state index contributed by atoms with van der Waals surface area (Å²) in [6.45, 7) is 3.84. The number of guanidine groups is 1. The topological polar surface area (TPSA) is 71.6 Å². The molecule has 2 aromatic carbocycles. The molecule has 0 saturated heterocycles. The third kappa shape index (κ3) is 5.59. The number of furan rings is 1. The lowest BCUT2D eigenvalue weighted by Crippen LogP contribution is -2.36. The first-order valence-electron chi connectivity index (χ1n) is 10.3. The van der Waals surface area contributed by atoms with Crippen molar-refractivity contribution in [2.24, 2.45) is 4.99 Å². The van der Waals surface area contributed by atoms with Crippen LogP contribution in [0.4, 0.5) is 0 Å². The number of rotatable bonds is 6. The molecule has 0 radical (unpaired) electrons. The zero-order valence-corrected chi connectivity index (χ0v) is 20.5. The van der Waals surface area contributed by atoms with Crippen LogP contribution in [0.3, 0.4) is 0 Å². The predicted octanol–water partition coefficient (Wildman–Crippen LogP) is 4.43. The van der Waals surface area contributed by atoms with Gasteiger partial charge in [-0.1, -0.05) is 48.5 Å². The van der Waals surface area contributed by atoms with Gasteiger partial charge in [0.2, 0.25) is 0 Å². The van der Waals surface area contributed by atoms with Crippen molar-refractivity contribution >= 4 is 40.9 Å². The van der Waals surface area contributed by atoms with Crippen LogP contribution in [0.2, 0.25) is 0 Å². The summed E-state index contributed by atoms with van der Waals surface area (Å²) in [5, 5.41) is 7.78. The lowest BCUT2D eigenvalue weighted by atomic mass is 10.1. The quantitative estimate of drug-likeness (QED) is 0.215. The Morgan fingerprint density at radius 1 is 0.938 bits per heavy atom. The molecule has 4 aromatic rings. The summed E-state index contributed by atoms with van der Waals surface area (Å²) >= 11 is 0. The van der Waals surface area contributed by atoms with Crippen molar-refractivity contribution in [2.75, 3.05) is 7.05 Å². The number of hydrogen-bond donors (Lipinski definition) is 2. The van der Waals surface area contributed by atoms with Crippen LogP contribution >= 0.6 is 24.0 Å². The summed E-state index contributed by atoms with van der Waals surface area (Å²) in [5.74, 6) is 1.62. The average Bonchev–Trinajstić information content (AvgIpc) is 3.12. The number of aliphatic imine (C=N–C) groups is 1. The van der Waals surface area contributed by atoms with Crippen LogP contribution in [0.5, 0.6) is 0 Å². The highest BCUT2D eigenvalue weighted by atomic mass is 127. The molecule has 166 valence electrons. The molecule has 32 heavy (non-hydrogen) atoms. The van der Waals surface area contributed by atoms with Gasteiger partial charge in [-0.3, -0.25) is 9.79 Å². The maximum absolute atomic E-state index is 11.9. The Balaban J connectivity index is 0.00000289. The van der Waals surface area contributed by atoms with Crippen LogP contribution in [0.15, 0.2) is 87.1 Å². The lowest BCUT2D eigenvalue weighted by Gasteiger charge is -2.12. The summed E-state index contributed by atoms with van der Waals surface area (Å²) in [5.41, 5.74) is 4.26. The van der Waals surface area contributed by atoms with Gasteiger partial charge in [0.25, 0.3) is 5.56 Å². The molecule has 0 spiro atoms. The van der Waals surface area contributed by atoms with Gasteiger partial charge in [-0.25, -0.2) is 0 Å². The molecule has 6 nitrogen and oxygen atoms in total. The fourth-order valence-corrected chi connectivity index (χ4v) is 3.51. The minimum Gasteiger partial charge on any atom is -0.459 e. The normalized spacial score (nSPS) is 11.2. The summed E-state index contributed by atoms with van der Waals surface area (Å²) in [6, 6.07) is 21.5. The third-order valence-corrected chi connectivity index (χ3v) is 5.32. The molecule has 0 bridgehead atoms. The van der Waals surface area contributed by atoms with Crippen LogP contribution < -0.4 is 16.2 Å². The van der Waals surface area contributed by atoms with E-state index >= 15 is 0 Å². The zero-order chi connectivity index (χ0) is 21.6. The Morgan fingerprint density at radius 2 is 1.62 bits per heavy atom. The van der Waals surface area contributed by atoms with Gasteiger partial charge in [-0.05, 0) is 30.2 Å². The molecule has 7 heteroatoms. The molecule has 2 heterocycles. The zero-order valence-electron chi connectivity index (χ0n) is 18.2. The van der Waals surface area contributed by atoms with Crippen molar-refractivity contribution in [1.82, 2.24) is 15.2 Å². The van der Waals surface area contributed by atoms with Crippen LogP contribution in [0, 0.1) is 6.92 Å². The fourth-order valence-electron chi connectivity index (χ4n) is 3.51. The minimum atomic E-state index is 0. The molecular formula is C25H27IN4O2. The Bertz CT molecular complexity index is 1260. The molecule has 0 aliphatic rings. The Hall–Kier alpha value is -3.07.